The third-order valence-electron chi connectivity index (χ3n) is 3.79. The lowest BCUT2D eigenvalue weighted by atomic mass is 10.1. The zero-order valence-electron chi connectivity index (χ0n) is 16.2. The van der Waals surface area contributed by atoms with E-state index in [0.29, 0.717) is 29.4 Å². The minimum absolute atomic E-state index is 0.0739. The van der Waals surface area contributed by atoms with Crippen molar-refractivity contribution >= 4 is 23.2 Å². The van der Waals surface area contributed by atoms with Gasteiger partial charge in [-0.2, -0.15) is 0 Å². The molecular weight excluding hydrogens is 362 g/mol. The van der Waals surface area contributed by atoms with Crippen molar-refractivity contribution in [1.29, 1.82) is 0 Å². The number of carbonyl (C=O) groups excluding carboxylic acids is 2. The Labute approximate surface area is 164 Å². The van der Waals surface area contributed by atoms with Gasteiger partial charge in [-0.25, -0.2) is 0 Å². The van der Waals surface area contributed by atoms with Crippen molar-refractivity contribution in [3.8, 4) is 11.5 Å². The molecule has 28 heavy (non-hydrogen) atoms. The Bertz CT molecular complexity index is 825. The van der Waals surface area contributed by atoms with Crippen molar-refractivity contribution in [1.82, 2.24) is 0 Å². The Morgan fingerprint density at radius 1 is 1.07 bits per heavy atom. The van der Waals surface area contributed by atoms with Gasteiger partial charge in [-0.15, -0.1) is 0 Å². The number of rotatable bonds is 10. The molecule has 2 aromatic carbocycles. The maximum atomic E-state index is 12.7. The Balaban J connectivity index is 2.16. The largest absolute Gasteiger partial charge is 0.493 e. The highest BCUT2D eigenvalue weighted by atomic mass is 16.5. The minimum atomic E-state index is -0.601. The Morgan fingerprint density at radius 3 is 2.43 bits per heavy atom. The van der Waals surface area contributed by atoms with Gasteiger partial charge in [-0.05, 0) is 37.3 Å². The Kier molecular flexibility index (Phi) is 7.65. The summed E-state index contributed by atoms with van der Waals surface area (Å²) in [6, 6.07) is 12.2. The minimum Gasteiger partial charge on any atom is -0.493 e. The van der Waals surface area contributed by atoms with Crippen LogP contribution >= 0.6 is 0 Å². The van der Waals surface area contributed by atoms with Gasteiger partial charge in [0.25, 0.3) is 11.8 Å². The third-order valence-corrected chi connectivity index (χ3v) is 3.79. The van der Waals surface area contributed by atoms with Gasteiger partial charge >= 0.3 is 0 Å². The standard InChI is InChI=1S/C20H25N3O5/c1-13(11-26-2)22-15-6-4-5-7-16(15)23-20(25)14-8-9-17(18(10-14)27-3)28-12-19(21)24/h4-10,13,22H,11-12H2,1-3H3,(H2,21,24)(H,23,25). The summed E-state index contributed by atoms with van der Waals surface area (Å²) in [6.07, 6.45) is 0. The molecule has 0 fully saturated rings. The second-order valence-electron chi connectivity index (χ2n) is 6.12. The van der Waals surface area contributed by atoms with E-state index in [1.165, 1.54) is 13.2 Å². The van der Waals surface area contributed by atoms with Crippen LogP contribution in [0.1, 0.15) is 17.3 Å². The molecular formula is C20H25N3O5. The summed E-state index contributed by atoms with van der Waals surface area (Å²) in [4.78, 5) is 23.6. The molecule has 1 atom stereocenters. The van der Waals surface area contributed by atoms with Gasteiger partial charge in [0, 0.05) is 18.7 Å². The number of nitrogens with one attached hydrogen (secondary N) is 2. The predicted octanol–water partition coefficient (Wildman–Crippen LogP) is 2.26. The van der Waals surface area contributed by atoms with Gasteiger partial charge in [0.2, 0.25) is 0 Å². The zero-order valence-corrected chi connectivity index (χ0v) is 16.2. The molecule has 0 aromatic heterocycles. The molecule has 0 saturated carbocycles. The molecule has 0 bridgehead atoms. The molecule has 0 heterocycles. The molecule has 150 valence electrons. The molecule has 2 rings (SSSR count). The predicted molar refractivity (Wildman–Crippen MR) is 107 cm³/mol. The number of primary amides is 1. The number of ether oxygens (including phenoxy) is 3. The van der Waals surface area contributed by atoms with Gasteiger partial charge in [0.15, 0.2) is 18.1 Å². The van der Waals surface area contributed by atoms with E-state index in [0.717, 1.165) is 5.69 Å². The van der Waals surface area contributed by atoms with Gasteiger partial charge in [-0.3, -0.25) is 9.59 Å². The molecule has 4 N–H and O–H groups in total. The van der Waals surface area contributed by atoms with Gasteiger partial charge in [0.05, 0.1) is 25.1 Å². The van der Waals surface area contributed by atoms with Crippen LogP contribution in [-0.2, 0) is 9.53 Å². The maximum absolute atomic E-state index is 12.7. The highest BCUT2D eigenvalue weighted by Crippen LogP contribution is 2.29. The van der Waals surface area contributed by atoms with E-state index in [1.807, 2.05) is 25.1 Å². The summed E-state index contributed by atoms with van der Waals surface area (Å²) in [5, 5.41) is 6.18. The van der Waals surface area contributed by atoms with Crippen LogP contribution in [0.5, 0.6) is 11.5 Å². The first-order valence-electron chi connectivity index (χ1n) is 8.69. The Morgan fingerprint density at radius 2 is 1.79 bits per heavy atom. The SMILES string of the molecule is COCC(C)Nc1ccccc1NC(=O)c1ccc(OCC(N)=O)c(OC)c1. The summed E-state index contributed by atoms with van der Waals surface area (Å²) in [7, 11) is 3.08. The van der Waals surface area contributed by atoms with Crippen LogP contribution < -0.4 is 25.8 Å². The number of para-hydroxylation sites is 2. The summed E-state index contributed by atoms with van der Waals surface area (Å²) < 4.78 is 15.6. The number of amides is 2. The van der Waals surface area contributed by atoms with E-state index in [-0.39, 0.29) is 18.6 Å². The van der Waals surface area contributed by atoms with Crippen LogP contribution in [0.4, 0.5) is 11.4 Å². The average molecular weight is 387 g/mol. The number of hydrogen-bond donors (Lipinski definition) is 3. The molecule has 8 nitrogen and oxygen atoms in total. The third kappa shape index (κ3) is 5.88. The smallest absolute Gasteiger partial charge is 0.255 e. The number of carbonyl (C=O) groups is 2. The van der Waals surface area contributed by atoms with Crippen LogP contribution in [0.2, 0.25) is 0 Å². The average Bonchev–Trinajstić information content (AvgIpc) is 2.67. The monoisotopic (exact) mass is 387 g/mol. The summed E-state index contributed by atoms with van der Waals surface area (Å²) in [5.74, 6) is -0.258. The molecule has 0 spiro atoms. The van der Waals surface area contributed by atoms with Crippen LogP contribution in [-0.4, -0.2) is 45.3 Å². The van der Waals surface area contributed by atoms with E-state index >= 15 is 0 Å². The molecule has 0 aliphatic rings. The van der Waals surface area contributed by atoms with Crippen molar-refractivity contribution in [2.24, 2.45) is 5.73 Å². The lowest BCUT2D eigenvalue weighted by Gasteiger charge is -2.18. The van der Waals surface area contributed by atoms with E-state index in [2.05, 4.69) is 10.6 Å². The molecule has 1 unspecified atom stereocenters. The van der Waals surface area contributed by atoms with E-state index < -0.39 is 5.91 Å². The van der Waals surface area contributed by atoms with Crippen molar-refractivity contribution in [2.75, 3.05) is 38.1 Å². The fourth-order valence-electron chi connectivity index (χ4n) is 2.55. The normalized spacial score (nSPS) is 11.4. The van der Waals surface area contributed by atoms with Crippen molar-refractivity contribution in [3.63, 3.8) is 0 Å². The van der Waals surface area contributed by atoms with Gasteiger partial charge in [-0.1, -0.05) is 12.1 Å². The number of hydrogen-bond acceptors (Lipinski definition) is 6. The lowest BCUT2D eigenvalue weighted by Crippen LogP contribution is -2.22. The van der Waals surface area contributed by atoms with E-state index in [4.69, 9.17) is 19.9 Å². The highest BCUT2D eigenvalue weighted by molar-refractivity contribution is 6.06. The summed E-state index contributed by atoms with van der Waals surface area (Å²) in [5.41, 5.74) is 6.89. The summed E-state index contributed by atoms with van der Waals surface area (Å²) >= 11 is 0. The highest BCUT2D eigenvalue weighted by Gasteiger charge is 2.14. The topological polar surface area (TPSA) is 112 Å². The van der Waals surface area contributed by atoms with Crippen LogP contribution in [0.3, 0.4) is 0 Å². The van der Waals surface area contributed by atoms with E-state index in [1.54, 1.807) is 25.3 Å². The molecule has 0 saturated heterocycles. The lowest BCUT2D eigenvalue weighted by molar-refractivity contribution is -0.119. The van der Waals surface area contributed by atoms with Crippen LogP contribution in [0.15, 0.2) is 42.5 Å². The van der Waals surface area contributed by atoms with Crippen molar-refractivity contribution in [3.05, 3.63) is 48.0 Å². The first-order valence-corrected chi connectivity index (χ1v) is 8.69. The molecule has 2 aromatic rings. The van der Waals surface area contributed by atoms with Crippen LogP contribution in [0.25, 0.3) is 0 Å². The molecule has 2 amide bonds. The molecule has 0 radical (unpaired) electrons. The summed E-state index contributed by atoms with van der Waals surface area (Å²) in [6.45, 7) is 2.24. The fraction of sp³-hybridized carbons (Fsp3) is 0.300. The van der Waals surface area contributed by atoms with Gasteiger partial charge in [0.1, 0.15) is 0 Å². The molecule has 0 aliphatic carbocycles. The number of anilines is 2. The number of methoxy groups -OCH3 is 2. The zero-order chi connectivity index (χ0) is 20.5. The Hall–Kier alpha value is -3.26. The second kappa shape index (κ2) is 10.2. The van der Waals surface area contributed by atoms with Crippen molar-refractivity contribution in [2.45, 2.75) is 13.0 Å². The number of benzene rings is 2. The quantitative estimate of drug-likeness (QED) is 0.577. The first kappa shape index (κ1) is 21.0. The van der Waals surface area contributed by atoms with Crippen molar-refractivity contribution < 1.29 is 23.8 Å². The molecule has 0 aliphatic heterocycles. The van der Waals surface area contributed by atoms with Gasteiger partial charge < -0.3 is 30.6 Å². The van der Waals surface area contributed by atoms with E-state index in [9.17, 15) is 9.59 Å². The maximum Gasteiger partial charge on any atom is 0.255 e. The first-order chi connectivity index (χ1) is 13.4. The second-order valence-corrected chi connectivity index (χ2v) is 6.12. The number of nitrogens with two attached hydrogens (primary N) is 1. The fourth-order valence-corrected chi connectivity index (χ4v) is 2.55. The molecule has 8 heteroatoms. The van der Waals surface area contributed by atoms with Crippen LogP contribution in [0, 0.1) is 0 Å².